The molecule has 2 N–H and O–H groups in total. The molecule has 1 aliphatic carbocycles. The first-order chi connectivity index (χ1) is 18.1. The molecule has 0 bridgehead atoms. The van der Waals surface area contributed by atoms with E-state index in [1.54, 1.807) is 12.4 Å². The molecule has 12 heteroatoms. The second-order valence-corrected chi connectivity index (χ2v) is 11.0. The second kappa shape index (κ2) is 12.1. The molecule has 0 aromatic carbocycles. The average Bonchev–Trinajstić information content (AvgIpc) is 3.55. The monoisotopic (exact) mass is 534 g/mol. The van der Waals surface area contributed by atoms with E-state index in [9.17, 15) is 9.59 Å². The van der Waals surface area contributed by atoms with E-state index in [4.69, 9.17) is 0 Å². The van der Waals surface area contributed by atoms with Gasteiger partial charge in [0.15, 0.2) is 0 Å². The molecule has 190 valence electrons. The van der Waals surface area contributed by atoms with Crippen molar-refractivity contribution in [2.24, 2.45) is 5.92 Å². The van der Waals surface area contributed by atoms with Crippen molar-refractivity contribution in [1.29, 1.82) is 0 Å². The number of nitrogens with zero attached hydrogens (tertiary/aromatic N) is 6. The van der Waals surface area contributed by atoms with Crippen molar-refractivity contribution in [3.8, 4) is 0 Å². The van der Waals surface area contributed by atoms with E-state index in [1.165, 1.54) is 22.7 Å². The van der Waals surface area contributed by atoms with E-state index in [2.05, 4.69) is 41.0 Å². The van der Waals surface area contributed by atoms with Gasteiger partial charge in [-0.15, -0.1) is 20.4 Å². The fourth-order valence-corrected chi connectivity index (χ4v) is 6.22. The first kappa shape index (κ1) is 25.0. The minimum absolute atomic E-state index is 0.151. The molecule has 5 rings (SSSR count). The minimum Gasteiger partial charge on any atom is -0.300 e. The number of carbonyl (C=O) groups excluding carboxylic acids is 2. The number of nitrogens with one attached hydrogen (secondary N) is 2. The predicted octanol–water partition coefficient (Wildman–Crippen LogP) is 4.06. The van der Waals surface area contributed by atoms with E-state index >= 15 is 0 Å². The number of rotatable bonds is 9. The third-order valence-corrected chi connectivity index (χ3v) is 7.99. The molecular formula is C25H26N8O2S2. The van der Waals surface area contributed by atoms with Crippen molar-refractivity contribution in [2.45, 2.75) is 50.9 Å². The van der Waals surface area contributed by atoms with Gasteiger partial charge < -0.3 is 10.6 Å². The maximum absolute atomic E-state index is 12.3. The molecule has 4 aromatic rings. The standard InChI is InChI=1S/C25H26N8O2S2/c34-20(14-18-8-1-3-10-26-18)28-24-32-30-22(36-24)13-16-6-5-7-17(12-16)23-31-33-25(37-23)29-21(35)15-19-9-2-4-11-27-19/h1-4,8-11,16-17H,5-7,12-15H2,(H,28,32,34)(H,29,33,35). The highest BCUT2D eigenvalue weighted by Gasteiger charge is 2.27. The van der Waals surface area contributed by atoms with E-state index in [1.807, 2.05) is 36.4 Å². The van der Waals surface area contributed by atoms with Crippen LogP contribution in [0.2, 0.25) is 0 Å². The van der Waals surface area contributed by atoms with Gasteiger partial charge in [-0.2, -0.15) is 0 Å². The summed E-state index contributed by atoms with van der Waals surface area (Å²) in [4.78, 5) is 33.0. The van der Waals surface area contributed by atoms with Gasteiger partial charge in [-0.05, 0) is 49.4 Å². The fourth-order valence-electron chi connectivity index (χ4n) is 4.45. The summed E-state index contributed by atoms with van der Waals surface area (Å²) in [5.41, 5.74) is 1.43. The van der Waals surface area contributed by atoms with Crippen molar-refractivity contribution < 1.29 is 9.59 Å². The Labute approximate surface area is 222 Å². The Morgan fingerprint density at radius 2 is 1.46 bits per heavy atom. The molecule has 1 fully saturated rings. The molecule has 2 amide bonds. The highest BCUT2D eigenvalue weighted by molar-refractivity contribution is 7.15. The Morgan fingerprint density at radius 3 is 2.11 bits per heavy atom. The normalized spacial score (nSPS) is 17.3. The number of amides is 2. The van der Waals surface area contributed by atoms with Crippen LogP contribution in [0.15, 0.2) is 48.8 Å². The lowest BCUT2D eigenvalue weighted by Gasteiger charge is -2.26. The Hall–Kier alpha value is -3.64. The number of hydrogen-bond acceptors (Lipinski definition) is 10. The van der Waals surface area contributed by atoms with Gasteiger partial charge in [-0.3, -0.25) is 19.6 Å². The maximum atomic E-state index is 12.3. The van der Waals surface area contributed by atoms with Gasteiger partial charge in [-0.1, -0.05) is 41.2 Å². The highest BCUT2D eigenvalue weighted by Crippen LogP contribution is 2.39. The van der Waals surface area contributed by atoms with Gasteiger partial charge >= 0.3 is 0 Å². The van der Waals surface area contributed by atoms with Gasteiger partial charge in [0, 0.05) is 36.1 Å². The van der Waals surface area contributed by atoms with E-state index in [0.717, 1.165) is 42.1 Å². The molecule has 0 saturated heterocycles. The van der Waals surface area contributed by atoms with Crippen molar-refractivity contribution in [3.63, 3.8) is 0 Å². The lowest BCUT2D eigenvalue weighted by atomic mass is 9.80. The summed E-state index contributed by atoms with van der Waals surface area (Å²) in [6.45, 7) is 0. The molecule has 1 aliphatic rings. The Morgan fingerprint density at radius 1 is 0.811 bits per heavy atom. The molecule has 0 radical (unpaired) electrons. The largest absolute Gasteiger partial charge is 0.300 e. The van der Waals surface area contributed by atoms with E-state index in [-0.39, 0.29) is 24.7 Å². The van der Waals surface area contributed by atoms with Crippen molar-refractivity contribution in [1.82, 2.24) is 30.4 Å². The summed E-state index contributed by atoms with van der Waals surface area (Å²) in [6.07, 6.45) is 8.82. The molecule has 1 saturated carbocycles. The molecule has 2 unspecified atom stereocenters. The zero-order chi connectivity index (χ0) is 25.5. The van der Waals surface area contributed by atoms with Crippen LogP contribution in [0.3, 0.4) is 0 Å². The molecule has 37 heavy (non-hydrogen) atoms. The lowest BCUT2D eigenvalue weighted by molar-refractivity contribution is -0.116. The molecule has 4 heterocycles. The van der Waals surface area contributed by atoms with Gasteiger partial charge in [-0.25, -0.2) is 0 Å². The Bertz CT molecular complexity index is 1330. The molecule has 0 spiro atoms. The summed E-state index contributed by atoms with van der Waals surface area (Å²) >= 11 is 2.87. The van der Waals surface area contributed by atoms with Crippen molar-refractivity contribution in [2.75, 3.05) is 10.6 Å². The summed E-state index contributed by atoms with van der Waals surface area (Å²) in [5.74, 6) is 0.457. The van der Waals surface area contributed by atoms with Crippen LogP contribution in [-0.4, -0.2) is 42.2 Å². The van der Waals surface area contributed by atoms with E-state index in [0.29, 0.717) is 33.5 Å². The first-order valence-electron chi connectivity index (χ1n) is 12.2. The fraction of sp³-hybridized carbons (Fsp3) is 0.360. The maximum Gasteiger partial charge on any atom is 0.232 e. The van der Waals surface area contributed by atoms with Crippen molar-refractivity contribution in [3.05, 3.63) is 70.2 Å². The smallest absolute Gasteiger partial charge is 0.232 e. The van der Waals surface area contributed by atoms with Gasteiger partial charge in [0.05, 0.1) is 12.8 Å². The number of aromatic nitrogens is 6. The second-order valence-electron chi connectivity index (χ2n) is 8.97. The van der Waals surface area contributed by atoms with Crippen molar-refractivity contribution >= 4 is 44.8 Å². The Balaban J connectivity index is 1.11. The number of anilines is 2. The molecular weight excluding hydrogens is 508 g/mol. The van der Waals surface area contributed by atoms with E-state index < -0.39 is 0 Å². The lowest BCUT2D eigenvalue weighted by Crippen LogP contribution is -2.16. The Kier molecular flexibility index (Phi) is 8.16. The number of pyridine rings is 2. The SMILES string of the molecule is O=C(Cc1ccccn1)Nc1nnc(CC2CCCC(c3nnc(NC(=O)Cc4ccccn4)s3)C2)s1. The quantitative estimate of drug-likeness (QED) is 0.328. The zero-order valence-corrected chi connectivity index (χ0v) is 21.7. The van der Waals surface area contributed by atoms with Crippen LogP contribution in [0.25, 0.3) is 0 Å². The number of carbonyl (C=O) groups is 2. The summed E-state index contributed by atoms with van der Waals surface area (Å²) < 4.78 is 0. The molecule has 10 nitrogen and oxygen atoms in total. The minimum atomic E-state index is -0.154. The topological polar surface area (TPSA) is 136 Å². The average molecular weight is 535 g/mol. The molecule has 2 atom stereocenters. The summed E-state index contributed by atoms with van der Waals surface area (Å²) in [5, 5.41) is 25.6. The van der Waals surface area contributed by atoms with Crippen LogP contribution in [0.5, 0.6) is 0 Å². The summed E-state index contributed by atoms with van der Waals surface area (Å²) in [7, 11) is 0. The zero-order valence-electron chi connectivity index (χ0n) is 20.0. The van der Waals surface area contributed by atoms with Gasteiger partial charge in [0.25, 0.3) is 0 Å². The van der Waals surface area contributed by atoms with Crippen LogP contribution < -0.4 is 10.6 Å². The third kappa shape index (κ3) is 7.20. The predicted molar refractivity (Wildman–Crippen MR) is 141 cm³/mol. The highest BCUT2D eigenvalue weighted by atomic mass is 32.1. The summed E-state index contributed by atoms with van der Waals surface area (Å²) in [6, 6.07) is 11.0. The number of hydrogen-bond donors (Lipinski definition) is 2. The molecule has 0 aliphatic heterocycles. The van der Waals surface area contributed by atoms with Gasteiger partial charge in [0.1, 0.15) is 10.0 Å². The van der Waals surface area contributed by atoms with Crippen LogP contribution in [0.1, 0.15) is 53.0 Å². The van der Waals surface area contributed by atoms with Crippen LogP contribution in [0.4, 0.5) is 10.3 Å². The van der Waals surface area contributed by atoms with Crippen LogP contribution >= 0.6 is 22.7 Å². The van der Waals surface area contributed by atoms with Crippen LogP contribution in [0, 0.1) is 5.92 Å². The molecule has 4 aromatic heterocycles. The van der Waals surface area contributed by atoms with Crippen LogP contribution in [-0.2, 0) is 28.9 Å². The third-order valence-electron chi connectivity index (χ3n) is 6.13. The first-order valence-corrected chi connectivity index (χ1v) is 13.8. The van der Waals surface area contributed by atoms with Gasteiger partial charge in [0.2, 0.25) is 22.1 Å².